The molecule has 6 atom stereocenters. The number of nitrogens with one attached hydrogen (secondary N) is 2. The number of ketones is 1. The molecule has 0 aromatic carbocycles. The van der Waals surface area contributed by atoms with E-state index in [1.807, 2.05) is 46.4 Å². The number of amides is 1. The number of sulfone groups is 1. The van der Waals surface area contributed by atoms with Gasteiger partial charge in [0, 0.05) is 68.4 Å². The summed E-state index contributed by atoms with van der Waals surface area (Å²) in [6.45, 7) is 53.5. The SMILES string of the molecule is CC(=O)CC(C)C.CC(=O)N1CCCC1C(C)C.CC(C)C1(C)COC1.CC(C)C1CC(O)CN1.CC(C)C1CCCS1(=O)=O.CC(C)C1COC1.CC(C)C1NCCC1O.CC(C)CCC(=O)O.CC(C)N1CCCC1.O=C=O. The number of aliphatic carboxylic acids is 1. The first kappa shape index (κ1) is 81.9. The van der Waals surface area contributed by atoms with Crippen LogP contribution < -0.4 is 10.6 Å². The lowest BCUT2D eigenvalue weighted by Gasteiger charge is -2.41. The Morgan fingerprint density at radius 3 is 1.40 bits per heavy atom. The highest BCUT2D eigenvalue weighted by molar-refractivity contribution is 7.92. The first-order valence-electron chi connectivity index (χ1n) is 30.9. The summed E-state index contributed by atoms with van der Waals surface area (Å²) in [4.78, 5) is 52.0. The fourth-order valence-corrected chi connectivity index (χ4v) is 12.0. The molecule has 5 N–H and O–H groups in total. The summed E-state index contributed by atoms with van der Waals surface area (Å²) in [7, 11) is -2.69. The zero-order valence-corrected chi connectivity index (χ0v) is 55.7. The first-order valence-corrected chi connectivity index (χ1v) is 32.6. The number of hydrogen-bond donors (Lipinski definition) is 5. The molecule has 0 aromatic heterocycles. The monoisotopic (exact) mass is 1160 g/mol. The van der Waals surface area contributed by atoms with Gasteiger partial charge in [-0.05, 0) is 146 Å². The van der Waals surface area contributed by atoms with Gasteiger partial charge in [-0.2, -0.15) is 9.59 Å². The summed E-state index contributed by atoms with van der Waals surface area (Å²) in [5.41, 5.74) is 0.500. The van der Waals surface area contributed by atoms with Crippen molar-refractivity contribution in [3.8, 4) is 0 Å². The molecule has 7 aliphatic heterocycles. The molecule has 0 aliphatic carbocycles. The van der Waals surface area contributed by atoms with Crippen molar-refractivity contribution in [2.24, 2.45) is 58.7 Å². The Morgan fingerprint density at radius 1 is 0.688 bits per heavy atom. The molecule has 16 nitrogen and oxygen atoms in total. The lowest BCUT2D eigenvalue weighted by molar-refractivity contribution is -0.191. The van der Waals surface area contributed by atoms with Crippen LogP contribution in [0.3, 0.4) is 0 Å². The van der Waals surface area contributed by atoms with Crippen molar-refractivity contribution >= 4 is 33.6 Å². The Labute approximate surface area is 490 Å². The molecule has 7 saturated heterocycles. The number of aliphatic hydroxyl groups is 2. The number of hydrogen-bond acceptors (Lipinski definition) is 14. The summed E-state index contributed by atoms with van der Waals surface area (Å²) in [5.74, 6) is 5.86. The van der Waals surface area contributed by atoms with Gasteiger partial charge >= 0.3 is 12.1 Å². The largest absolute Gasteiger partial charge is 0.481 e. The molecule has 476 valence electrons. The summed E-state index contributed by atoms with van der Waals surface area (Å²) < 4.78 is 32.5. The molecule has 1 amide bonds. The number of Topliss-reactive ketones (excluding diaryl/α,β-unsaturated/α-hetero) is 1. The zero-order chi connectivity index (χ0) is 62.5. The zero-order valence-electron chi connectivity index (χ0n) is 54.9. The van der Waals surface area contributed by atoms with E-state index >= 15 is 0 Å². The third-order valence-electron chi connectivity index (χ3n) is 15.9. The van der Waals surface area contributed by atoms with E-state index in [-0.39, 0.29) is 35.3 Å². The number of rotatable bonds is 12. The van der Waals surface area contributed by atoms with Gasteiger partial charge in [-0.1, -0.05) is 118 Å². The molecule has 7 aliphatic rings. The maximum Gasteiger partial charge on any atom is 0.373 e. The second-order valence-corrected chi connectivity index (χ2v) is 28.9. The minimum absolute atomic E-state index is 0.0486. The number of ether oxygens (including phenoxy) is 2. The average molecular weight is 1160 g/mol. The highest BCUT2D eigenvalue weighted by atomic mass is 32.2. The summed E-state index contributed by atoms with van der Waals surface area (Å²) in [6, 6.07) is 2.16. The molecular weight excluding hydrogens is 1040 g/mol. The molecule has 7 fully saturated rings. The van der Waals surface area contributed by atoms with E-state index < -0.39 is 15.8 Å². The minimum Gasteiger partial charge on any atom is -0.481 e. The lowest BCUT2D eigenvalue weighted by Crippen LogP contribution is -2.43. The molecule has 6 unspecified atom stereocenters. The maximum absolute atomic E-state index is 11.2. The Bertz CT molecular complexity index is 1720. The van der Waals surface area contributed by atoms with E-state index in [4.69, 9.17) is 29.3 Å². The van der Waals surface area contributed by atoms with Gasteiger partial charge in [0.1, 0.15) is 5.78 Å². The second kappa shape index (κ2) is 45.1. The Morgan fingerprint density at radius 2 is 1.24 bits per heavy atom. The highest BCUT2D eigenvalue weighted by Crippen LogP contribution is 2.34. The van der Waals surface area contributed by atoms with Crippen LogP contribution in [0.1, 0.15) is 216 Å². The molecule has 0 radical (unpaired) electrons. The van der Waals surface area contributed by atoms with E-state index in [0.717, 1.165) is 108 Å². The van der Waals surface area contributed by atoms with Crippen LogP contribution >= 0.6 is 0 Å². The van der Waals surface area contributed by atoms with Gasteiger partial charge < -0.3 is 50.0 Å². The van der Waals surface area contributed by atoms with Gasteiger partial charge in [0.2, 0.25) is 5.91 Å². The summed E-state index contributed by atoms with van der Waals surface area (Å²) in [5, 5.41) is 33.0. The Balaban J connectivity index is -0.000000831. The Kier molecular flexibility index (Phi) is 46.1. The van der Waals surface area contributed by atoms with E-state index in [9.17, 15) is 27.9 Å². The number of nitrogens with zero attached hydrogens (tertiary/aromatic N) is 2. The number of carboxylic acids is 1. The van der Waals surface area contributed by atoms with Gasteiger partial charge in [-0.15, -0.1) is 0 Å². The summed E-state index contributed by atoms with van der Waals surface area (Å²) >= 11 is 0. The van der Waals surface area contributed by atoms with Gasteiger partial charge in [0.25, 0.3) is 0 Å². The van der Waals surface area contributed by atoms with E-state index in [2.05, 4.69) is 106 Å². The summed E-state index contributed by atoms with van der Waals surface area (Å²) in [6.07, 6.45) is 10.6. The van der Waals surface area contributed by atoms with Crippen LogP contribution in [0.5, 0.6) is 0 Å². The third kappa shape index (κ3) is 39.2. The average Bonchev–Trinajstić information content (AvgIpc) is 4.17. The molecule has 7 heterocycles. The van der Waals surface area contributed by atoms with Gasteiger partial charge in [-0.25, -0.2) is 8.42 Å². The first-order chi connectivity index (χ1) is 37.0. The van der Waals surface area contributed by atoms with Gasteiger partial charge in [0.05, 0.1) is 49.6 Å². The van der Waals surface area contributed by atoms with Crippen LogP contribution in [0.15, 0.2) is 0 Å². The fraction of sp³-hybridized carbons (Fsp3) is 0.937. The topological polar surface area (TPSA) is 229 Å². The van der Waals surface area contributed by atoms with Gasteiger partial charge in [0.15, 0.2) is 9.84 Å². The smallest absolute Gasteiger partial charge is 0.373 e. The predicted molar refractivity (Wildman–Crippen MR) is 327 cm³/mol. The van der Waals surface area contributed by atoms with Crippen molar-refractivity contribution in [3.05, 3.63) is 0 Å². The van der Waals surface area contributed by atoms with Crippen LogP contribution in [-0.2, 0) is 43.3 Å². The van der Waals surface area contributed by atoms with Crippen LogP contribution in [-0.4, -0.2) is 164 Å². The van der Waals surface area contributed by atoms with Crippen LogP contribution in [0.4, 0.5) is 0 Å². The lowest BCUT2D eigenvalue weighted by atomic mass is 9.78. The molecule has 7 rings (SSSR count). The number of carbonyl (C=O) groups excluding carboxylic acids is 4. The molecule has 0 aromatic rings. The normalized spacial score (nSPS) is 24.2. The van der Waals surface area contributed by atoms with Crippen LogP contribution in [0, 0.1) is 58.7 Å². The number of carboxylic acid groups (broad SMARTS) is 1. The van der Waals surface area contributed by atoms with E-state index in [1.165, 1.54) is 38.8 Å². The van der Waals surface area contributed by atoms with Gasteiger partial charge in [-0.3, -0.25) is 9.59 Å². The highest BCUT2D eigenvalue weighted by Gasteiger charge is 2.36. The van der Waals surface area contributed by atoms with Crippen molar-refractivity contribution in [3.63, 3.8) is 0 Å². The molecular formula is C63H126N4O12S. The Hall–Kier alpha value is -2.34. The number of likely N-dealkylation sites (tertiary alicyclic amines) is 2. The quantitative estimate of drug-likeness (QED) is 0.122. The predicted octanol–water partition coefficient (Wildman–Crippen LogP) is 10.6. The van der Waals surface area contributed by atoms with Crippen molar-refractivity contribution in [1.82, 2.24) is 20.4 Å². The van der Waals surface area contributed by atoms with E-state index in [0.29, 0.717) is 71.2 Å². The molecule has 17 heteroatoms. The fourth-order valence-electron chi connectivity index (χ4n) is 9.73. The maximum atomic E-state index is 11.2. The van der Waals surface area contributed by atoms with Crippen molar-refractivity contribution in [2.45, 2.75) is 258 Å². The standard InChI is InChI=1S/C9H17NO.2C7H15NO.C7H15N.C7H14O2S.C7H14O.C6H12O2.2C6H12O.CO2/c1-7(2)9-5-4-6-10(9)8(3)11;1-5(2)7-3-6(9)4-8-7;1-5(2)7-6(9)3-4-8-7;1-7(2)8-5-3-4-6-8;1-6(2)7-4-3-5-10(7,8)9;1-6(2)7(3)4-8-5-7;1-5(2)3-4-6(7)8;1-5(2)6-3-7-4-6;1-5(2)4-6(3)7;2-1-3/h7,9H,4-6H2,1-3H3;2*5-9H,3-4H2,1-2H3;7H,3-6H2,1-2H3;6-7H,3-5H2,1-2H3;6H,4-5H2,1-3H3;5H,3-4H2,1-2H3,(H,7,8);5-6H,3-4H2,1-2H3;5H,4H2,1-3H3;. The molecule has 0 bridgehead atoms. The number of aliphatic hydroxyl groups excluding tert-OH is 2. The van der Waals surface area contributed by atoms with Crippen molar-refractivity contribution in [2.75, 3.05) is 64.9 Å². The second-order valence-electron chi connectivity index (χ2n) is 26.6. The van der Waals surface area contributed by atoms with Crippen molar-refractivity contribution < 1.29 is 57.2 Å². The van der Waals surface area contributed by atoms with E-state index in [1.54, 1.807) is 13.8 Å². The van der Waals surface area contributed by atoms with Crippen LogP contribution in [0.25, 0.3) is 0 Å². The third-order valence-corrected chi connectivity index (χ3v) is 18.4. The number of carbonyl (C=O) groups is 3. The molecule has 0 spiro atoms. The van der Waals surface area contributed by atoms with Crippen molar-refractivity contribution in [1.29, 1.82) is 0 Å². The number of β-amino-alcohol motifs (C(OH)–C–C–N with tert-alkyl or cyclic N) is 1. The van der Waals surface area contributed by atoms with Crippen LogP contribution in [0.2, 0.25) is 0 Å². The minimum atomic E-state index is -2.69. The molecule has 80 heavy (non-hydrogen) atoms. The molecule has 0 saturated carbocycles.